The fraction of sp³-hybridized carbons (Fsp3) is 0.276. The molecule has 0 aliphatic carbocycles. The lowest BCUT2D eigenvalue weighted by atomic mass is 9.96. The van der Waals surface area contributed by atoms with Crippen LogP contribution in [0, 0.1) is 0 Å². The van der Waals surface area contributed by atoms with Gasteiger partial charge >= 0.3 is 0 Å². The summed E-state index contributed by atoms with van der Waals surface area (Å²) in [6, 6.07) is 13.7. The SMILES string of the molecule is CN(C)C(O)c1cc2cc(C3=CCCN(C(=O)CCn4ccnn4)C3)cc(/C=C/c3ccc(Cl)cc3)c2o1. The van der Waals surface area contributed by atoms with E-state index in [9.17, 15) is 9.90 Å². The van der Waals surface area contributed by atoms with E-state index in [0.717, 1.165) is 34.1 Å². The second-order valence-corrected chi connectivity index (χ2v) is 10.0. The second-order valence-electron chi connectivity index (χ2n) is 9.60. The molecule has 1 atom stereocenters. The second kappa shape index (κ2) is 11.3. The number of aryl methyl sites for hydroxylation is 1. The first-order valence-electron chi connectivity index (χ1n) is 12.5. The van der Waals surface area contributed by atoms with Gasteiger partial charge in [-0.15, -0.1) is 5.10 Å². The minimum absolute atomic E-state index is 0.0924. The van der Waals surface area contributed by atoms with Crippen molar-refractivity contribution in [1.82, 2.24) is 24.8 Å². The summed E-state index contributed by atoms with van der Waals surface area (Å²) in [6.07, 6.45) is 9.89. The zero-order valence-corrected chi connectivity index (χ0v) is 22.2. The summed E-state index contributed by atoms with van der Waals surface area (Å²) in [7, 11) is 3.60. The van der Waals surface area contributed by atoms with Crippen LogP contribution in [0.4, 0.5) is 0 Å². The average molecular weight is 532 g/mol. The minimum Gasteiger partial charge on any atom is -0.456 e. The smallest absolute Gasteiger partial charge is 0.224 e. The number of rotatable bonds is 8. The van der Waals surface area contributed by atoms with E-state index < -0.39 is 6.23 Å². The topological polar surface area (TPSA) is 87.6 Å². The molecule has 4 aromatic rings. The number of fused-ring (bicyclic) bond motifs is 1. The van der Waals surface area contributed by atoms with Gasteiger partial charge in [0.2, 0.25) is 5.91 Å². The Hall–Kier alpha value is -3.72. The van der Waals surface area contributed by atoms with Gasteiger partial charge in [-0.2, -0.15) is 0 Å². The van der Waals surface area contributed by atoms with E-state index in [4.69, 9.17) is 16.0 Å². The summed E-state index contributed by atoms with van der Waals surface area (Å²) in [6.45, 7) is 1.73. The number of furan rings is 1. The number of benzene rings is 2. The molecule has 0 saturated heterocycles. The highest BCUT2D eigenvalue weighted by Crippen LogP contribution is 2.33. The number of halogens is 1. The summed E-state index contributed by atoms with van der Waals surface area (Å²) in [5.41, 5.74) is 4.71. The van der Waals surface area contributed by atoms with Crippen molar-refractivity contribution in [1.29, 1.82) is 0 Å². The third-order valence-electron chi connectivity index (χ3n) is 6.63. The lowest BCUT2D eigenvalue weighted by Gasteiger charge is -2.28. The molecular formula is C29H30ClN5O3. The quantitative estimate of drug-likeness (QED) is 0.251. The van der Waals surface area contributed by atoms with E-state index in [1.54, 1.807) is 36.1 Å². The highest BCUT2D eigenvalue weighted by Gasteiger charge is 2.22. The van der Waals surface area contributed by atoms with Crippen molar-refractivity contribution in [2.24, 2.45) is 0 Å². The summed E-state index contributed by atoms with van der Waals surface area (Å²) in [5, 5.41) is 19.9. The molecule has 3 heterocycles. The molecule has 0 radical (unpaired) electrons. The van der Waals surface area contributed by atoms with Crippen LogP contribution in [0.2, 0.25) is 5.02 Å². The van der Waals surface area contributed by atoms with Gasteiger partial charge in [0.15, 0.2) is 6.23 Å². The molecule has 1 unspecified atom stereocenters. The van der Waals surface area contributed by atoms with Crippen molar-refractivity contribution in [3.05, 3.63) is 88.4 Å². The molecule has 0 bridgehead atoms. The van der Waals surface area contributed by atoms with E-state index in [1.165, 1.54) is 0 Å². The standard InChI is InChI=1S/C29H30ClN5O3/c1-33(2)29(37)26-18-24-17-23(16-21(28(24)38-26)8-5-20-6-9-25(30)10-7-20)22-4-3-13-34(19-22)27(36)11-14-35-15-12-31-32-35/h4-10,12,15-18,29,37H,3,11,13-14,19H2,1-2H3/b8-5+. The number of carbonyl (C=O) groups is 1. The molecule has 9 heteroatoms. The predicted molar refractivity (Wildman–Crippen MR) is 149 cm³/mol. The molecule has 2 aromatic heterocycles. The van der Waals surface area contributed by atoms with Gasteiger partial charge in [0.25, 0.3) is 0 Å². The Morgan fingerprint density at radius 1 is 1.21 bits per heavy atom. The summed E-state index contributed by atoms with van der Waals surface area (Å²) in [4.78, 5) is 16.5. The minimum atomic E-state index is -0.856. The first-order chi connectivity index (χ1) is 18.4. The highest BCUT2D eigenvalue weighted by atomic mass is 35.5. The predicted octanol–water partition coefficient (Wildman–Crippen LogP) is 5.11. The largest absolute Gasteiger partial charge is 0.456 e. The van der Waals surface area contributed by atoms with Gasteiger partial charge in [0, 0.05) is 41.7 Å². The summed E-state index contributed by atoms with van der Waals surface area (Å²) < 4.78 is 7.81. The van der Waals surface area contributed by atoms with E-state index in [2.05, 4.69) is 28.5 Å². The normalized spacial score (nSPS) is 15.0. The van der Waals surface area contributed by atoms with E-state index in [1.807, 2.05) is 47.4 Å². The number of nitrogens with zero attached hydrogens (tertiary/aromatic N) is 5. The van der Waals surface area contributed by atoms with Crippen LogP contribution >= 0.6 is 11.6 Å². The first kappa shape index (κ1) is 25.9. The molecule has 38 heavy (non-hydrogen) atoms. The van der Waals surface area contributed by atoms with Crippen LogP contribution in [-0.2, 0) is 11.3 Å². The fourth-order valence-corrected chi connectivity index (χ4v) is 4.66. The maximum absolute atomic E-state index is 12.9. The Labute approximate surface area is 226 Å². The zero-order chi connectivity index (χ0) is 26.6. The molecule has 1 amide bonds. The Kier molecular flexibility index (Phi) is 7.74. The lowest BCUT2D eigenvalue weighted by Crippen LogP contribution is -2.35. The Balaban J connectivity index is 1.44. The molecule has 1 aliphatic rings. The molecule has 1 aliphatic heterocycles. The van der Waals surface area contributed by atoms with Crippen LogP contribution in [0.1, 0.15) is 41.5 Å². The maximum Gasteiger partial charge on any atom is 0.224 e. The van der Waals surface area contributed by atoms with Crippen molar-refractivity contribution < 1.29 is 14.3 Å². The number of hydrogen-bond donors (Lipinski definition) is 1. The number of carbonyl (C=O) groups excluding carboxylic acids is 1. The molecule has 8 nitrogen and oxygen atoms in total. The molecule has 0 spiro atoms. The number of aliphatic hydroxyl groups excluding tert-OH is 1. The van der Waals surface area contributed by atoms with Gasteiger partial charge in [-0.05, 0) is 67.5 Å². The summed E-state index contributed by atoms with van der Waals surface area (Å²) >= 11 is 6.04. The Bertz CT molecular complexity index is 1470. The third-order valence-corrected chi connectivity index (χ3v) is 6.89. The fourth-order valence-electron chi connectivity index (χ4n) is 4.54. The zero-order valence-electron chi connectivity index (χ0n) is 21.4. The van der Waals surface area contributed by atoms with Gasteiger partial charge < -0.3 is 14.4 Å². The van der Waals surface area contributed by atoms with Gasteiger partial charge in [-0.25, -0.2) is 0 Å². The molecule has 5 rings (SSSR count). The molecule has 0 saturated carbocycles. The lowest BCUT2D eigenvalue weighted by molar-refractivity contribution is -0.131. The van der Waals surface area contributed by atoms with Crippen LogP contribution in [0.15, 0.2) is 65.4 Å². The van der Waals surface area contributed by atoms with Gasteiger partial charge in [0.05, 0.1) is 12.7 Å². The average Bonchev–Trinajstić information content (AvgIpc) is 3.61. The number of amides is 1. The van der Waals surface area contributed by atoms with E-state index in [-0.39, 0.29) is 5.91 Å². The number of hydrogen-bond acceptors (Lipinski definition) is 6. The number of aromatic nitrogens is 3. The van der Waals surface area contributed by atoms with Crippen LogP contribution in [0.5, 0.6) is 0 Å². The van der Waals surface area contributed by atoms with E-state index in [0.29, 0.717) is 42.4 Å². The van der Waals surface area contributed by atoms with Crippen molar-refractivity contribution >= 4 is 46.2 Å². The Morgan fingerprint density at radius 3 is 2.76 bits per heavy atom. The van der Waals surface area contributed by atoms with Gasteiger partial charge in [-0.3, -0.25) is 14.4 Å². The monoisotopic (exact) mass is 531 g/mol. The van der Waals surface area contributed by atoms with E-state index >= 15 is 0 Å². The van der Waals surface area contributed by atoms with Crippen LogP contribution < -0.4 is 0 Å². The van der Waals surface area contributed by atoms with Gasteiger partial charge in [-0.1, -0.05) is 47.2 Å². The molecule has 0 fully saturated rings. The number of aliphatic hydroxyl groups is 1. The van der Waals surface area contributed by atoms with Crippen molar-refractivity contribution in [2.45, 2.75) is 25.6 Å². The third kappa shape index (κ3) is 5.88. The van der Waals surface area contributed by atoms with Gasteiger partial charge in [0.1, 0.15) is 11.3 Å². The first-order valence-corrected chi connectivity index (χ1v) is 12.9. The van der Waals surface area contributed by atoms with Crippen molar-refractivity contribution in [3.63, 3.8) is 0 Å². The molecule has 2 aromatic carbocycles. The Morgan fingerprint density at radius 2 is 2.03 bits per heavy atom. The highest BCUT2D eigenvalue weighted by molar-refractivity contribution is 6.30. The summed E-state index contributed by atoms with van der Waals surface area (Å²) in [5.74, 6) is 0.570. The molecule has 196 valence electrons. The molecular weight excluding hydrogens is 502 g/mol. The van der Waals surface area contributed by atoms with Crippen LogP contribution in [-0.4, -0.2) is 63.0 Å². The van der Waals surface area contributed by atoms with Crippen molar-refractivity contribution in [3.8, 4) is 0 Å². The van der Waals surface area contributed by atoms with Crippen molar-refractivity contribution in [2.75, 3.05) is 27.2 Å². The van der Waals surface area contributed by atoms with Crippen LogP contribution in [0.25, 0.3) is 28.7 Å². The molecule has 1 N–H and O–H groups in total. The maximum atomic E-state index is 12.9. The van der Waals surface area contributed by atoms with Crippen LogP contribution in [0.3, 0.4) is 0 Å².